The van der Waals surface area contributed by atoms with E-state index in [9.17, 15) is 57.5 Å². The second-order valence-electron chi connectivity index (χ2n) is 13.0. The van der Waals surface area contributed by atoms with E-state index >= 15 is 0 Å². The Morgan fingerprint density at radius 3 is 1.94 bits per heavy atom. The number of carbonyl (C=O) groups is 2. The number of likely N-dealkylation sites (tertiary alicyclic amines) is 1. The minimum atomic E-state index is -6.22. The van der Waals surface area contributed by atoms with Gasteiger partial charge in [-0.25, -0.2) is 21.6 Å². The lowest BCUT2D eigenvalue weighted by atomic mass is 9.79. The number of sulfone groups is 1. The van der Waals surface area contributed by atoms with Gasteiger partial charge in [0.05, 0.1) is 11.5 Å². The topological polar surface area (TPSA) is 92.8 Å². The van der Waals surface area contributed by atoms with E-state index in [1.165, 1.54) is 4.90 Å². The van der Waals surface area contributed by atoms with Crippen LogP contribution in [0.15, 0.2) is 71.6 Å². The van der Waals surface area contributed by atoms with Crippen molar-refractivity contribution in [3.8, 4) is 0 Å². The third kappa shape index (κ3) is 7.13. The molecule has 1 aliphatic heterocycles. The van der Waals surface area contributed by atoms with E-state index in [1.54, 1.807) is 7.05 Å². The first-order valence-electron chi connectivity index (χ1n) is 16.1. The summed E-state index contributed by atoms with van der Waals surface area (Å²) in [5.74, 6) is -4.86. The zero-order valence-corrected chi connectivity index (χ0v) is 28.3. The predicted octanol–water partition coefficient (Wildman–Crippen LogP) is 7.24. The fourth-order valence-electron chi connectivity index (χ4n) is 6.86. The van der Waals surface area contributed by atoms with E-state index in [4.69, 9.17) is 0 Å². The van der Waals surface area contributed by atoms with Crippen LogP contribution in [-0.4, -0.2) is 57.1 Å². The van der Waals surface area contributed by atoms with Crippen LogP contribution in [0.1, 0.15) is 55.2 Å². The molecule has 1 N–H and O–H groups in total. The van der Waals surface area contributed by atoms with E-state index in [0.29, 0.717) is 37.2 Å². The highest BCUT2D eigenvalue weighted by molar-refractivity contribution is 7.92. The van der Waals surface area contributed by atoms with Gasteiger partial charge in [0, 0.05) is 43.1 Å². The number of carbonyl (C=O) groups excluding carboxylic acids is 2. The molecule has 7 nitrogen and oxygen atoms in total. The molecule has 3 aromatic rings. The lowest BCUT2D eigenvalue weighted by Gasteiger charge is -2.41. The van der Waals surface area contributed by atoms with Gasteiger partial charge in [-0.2, -0.15) is 26.3 Å². The number of rotatable bonds is 9. The van der Waals surface area contributed by atoms with Crippen LogP contribution < -0.4 is 5.32 Å². The maximum atomic E-state index is 14.5. The van der Waals surface area contributed by atoms with E-state index in [0.717, 1.165) is 42.5 Å². The van der Waals surface area contributed by atoms with Crippen molar-refractivity contribution in [2.24, 2.45) is 5.92 Å². The number of hydrogen-bond acceptors (Lipinski definition) is 5. The van der Waals surface area contributed by atoms with Crippen LogP contribution in [0.3, 0.4) is 0 Å². The summed E-state index contributed by atoms with van der Waals surface area (Å²) in [6, 6.07) is 7.69. The molecule has 0 bridgehead atoms. The molecule has 0 aromatic heterocycles. The van der Waals surface area contributed by atoms with Gasteiger partial charge in [-0.1, -0.05) is 30.3 Å². The maximum Gasteiger partial charge on any atom is 0.430 e. The van der Waals surface area contributed by atoms with Gasteiger partial charge in [0.1, 0.15) is 22.2 Å². The molecule has 1 atom stereocenters. The molecule has 1 saturated heterocycles. The van der Waals surface area contributed by atoms with Crippen LogP contribution in [0.2, 0.25) is 0 Å². The number of benzene rings is 3. The number of amides is 2. The third-order valence-corrected chi connectivity index (χ3v) is 12.5. The van der Waals surface area contributed by atoms with Crippen LogP contribution >= 0.6 is 0 Å². The summed E-state index contributed by atoms with van der Waals surface area (Å²) in [6.45, 7) is -1.40. The van der Waals surface area contributed by atoms with Crippen LogP contribution in [0, 0.1) is 23.4 Å². The standard InChI is InChI=1S/C35H33F9N2O5S/c1-46-18-15-21(19-30(46)47)31(48)45-25-13-16-32(17-14-25,52(49,50)26-11-9-24(36)10-12-26)22-5-7-23(8-6-22)33(34(39,40)41,35(42,43)44)51-20-27-28(37)3-2-4-29(27)38/h2-12,21,25H,13-20H2,1H3,(H,45,48). The zero-order valence-electron chi connectivity index (χ0n) is 27.5. The molecule has 5 rings (SSSR count). The smallest absolute Gasteiger partial charge is 0.353 e. The largest absolute Gasteiger partial charge is 0.430 e. The molecular weight excluding hydrogens is 731 g/mol. The molecule has 0 radical (unpaired) electrons. The van der Waals surface area contributed by atoms with Gasteiger partial charge >= 0.3 is 12.4 Å². The third-order valence-electron chi connectivity index (χ3n) is 9.92. The second-order valence-corrected chi connectivity index (χ2v) is 15.2. The lowest BCUT2D eigenvalue weighted by Crippen LogP contribution is -2.56. The Morgan fingerprint density at radius 2 is 1.42 bits per heavy atom. The van der Waals surface area contributed by atoms with Gasteiger partial charge in [0.2, 0.25) is 11.8 Å². The van der Waals surface area contributed by atoms with Gasteiger partial charge in [0.25, 0.3) is 5.60 Å². The average molecular weight is 765 g/mol. The van der Waals surface area contributed by atoms with Gasteiger partial charge in [-0.05, 0) is 74.1 Å². The number of hydrogen-bond donors (Lipinski definition) is 1. The lowest BCUT2D eigenvalue weighted by molar-refractivity contribution is -0.392. The fraction of sp³-hybridized carbons (Fsp3) is 0.429. The summed E-state index contributed by atoms with van der Waals surface area (Å²) in [7, 11) is -2.92. The Kier molecular flexibility index (Phi) is 10.8. The molecule has 2 aliphatic rings. The molecular formula is C35H33F9N2O5S. The minimum Gasteiger partial charge on any atom is -0.353 e. The first kappa shape index (κ1) is 39.1. The van der Waals surface area contributed by atoms with Gasteiger partial charge in [-0.3, -0.25) is 9.59 Å². The highest BCUT2D eigenvalue weighted by atomic mass is 32.2. The number of piperidine rings is 1. The molecule has 3 aromatic carbocycles. The summed E-state index contributed by atoms with van der Waals surface area (Å²) in [5.41, 5.74) is -7.98. The Hall–Kier alpha value is -4.12. The molecule has 1 heterocycles. The van der Waals surface area contributed by atoms with Crippen LogP contribution in [0.25, 0.3) is 0 Å². The minimum absolute atomic E-state index is 0.0133. The van der Waals surface area contributed by atoms with Crippen molar-refractivity contribution < 1.29 is 62.3 Å². The van der Waals surface area contributed by atoms with Gasteiger partial charge < -0.3 is 15.0 Å². The van der Waals surface area contributed by atoms with Crippen LogP contribution in [-0.2, 0) is 41.1 Å². The van der Waals surface area contributed by atoms with Crippen molar-refractivity contribution in [1.82, 2.24) is 10.2 Å². The van der Waals surface area contributed by atoms with Gasteiger partial charge in [0.15, 0.2) is 9.84 Å². The van der Waals surface area contributed by atoms with Crippen LogP contribution in [0.5, 0.6) is 0 Å². The first-order chi connectivity index (χ1) is 24.2. The summed E-state index contributed by atoms with van der Waals surface area (Å²) in [6.07, 6.45) is -12.5. The molecule has 1 saturated carbocycles. The van der Waals surface area contributed by atoms with E-state index in [2.05, 4.69) is 10.1 Å². The summed E-state index contributed by atoms with van der Waals surface area (Å²) >= 11 is 0. The monoisotopic (exact) mass is 764 g/mol. The fourth-order valence-corrected chi connectivity index (χ4v) is 9.03. The number of halogens is 9. The predicted molar refractivity (Wildman–Crippen MR) is 167 cm³/mol. The maximum absolute atomic E-state index is 14.5. The highest BCUT2D eigenvalue weighted by Gasteiger charge is 2.73. The molecule has 2 fully saturated rings. The molecule has 52 heavy (non-hydrogen) atoms. The number of ether oxygens (including phenoxy) is 1. The molecule has 17 heteroatoms. The molecule has 282 valence electrons. The quantitative estimate of drug-likeness (QED) is 0.183. The summed E-state index contributed by atoms with van der Waals surface area (Å²) in [5, 5.41) is 2.84. The Bertz CT molecular complexity index is 1860. The highest BCUT2D eigenvalue weighted by Crippen LogP contribution is 2.54. The number of nitrogens with one attached hydrogen (secondary N) is 1. The molecule has 2 amide bonds. The van der Waals surface area contributed by atoms with Crippen molar-refractivity contribution in [3.05, 3.63) is 101 Å². The Morgan fingerprint density at radius 1 is 0.865 bits per heavy atom. The van der Waals surface area contributed by atoms with Crippen LogP contribution in [0.4, 0.5) is 39.5 Å². The van der Waals surface area contributed by atoms with E-state index in [-0.39, 0.29) is 48.5 Å². The number of nitrogens with zero attached hydrogens (tertiary/aromatic N) is 1. The molecule has 1 aliphatic carbocycles. The Labute approximate surface area is 293 Å². The van der Waals surface area contributed by atoms with Crippen molar-refractivity contribution >= 4 is 21.7 Å². The second kappa shape index (κ2) is 14.4. The van der Waals surface area contributed by atoms with E-state index < -0.39 is 85.6 Å². The average Bonchev–Trinajstić information content (AvgIpc) is 3.07. The van der Waals surface area contributed by atoms with Crippen molar-refractivity contribution in [2.45, 2.75) is 78.8 Å². The SMILES string of the molecule is CN1CCC(C(=O)NC2CCC(c3ccc(C(OCc4c(F)cccc4F)(C(F)(F)F)C(F)(F)F)cc3)(S(=O)(=O)c3ccc(F)cc3)CC2)CC1=O. The van der Waals surface area contributed by atoms with Crippen molar-refractivity contribution in [3.63, 3.8) is 0 Å². The number of alkyl halides is 6. The van der Waals surface area contributed by atoms with Gasteiger partial charge in [-0.15, -0.1) is 0 Å². The summed E-state index contributed by atoms with van der Waals surface area (Å²) in [4.78, 5) is 26.3. The zero-order chi connectivity index (χ0) is 38.3. The summed E-state index contributed by atoms with van der Waals surface area (Å²) < 4.78 is 160. The van der Waals surface area contributed by atoms with Crippen molar-refractivity contribution in [2.75, 3.05) is 13.6 Å². The molecule has 1 unspecified atom stereocenters. The first-order valence-corrected chi connectivity index (χ1v) is 17.6. The normalized spacial score (nSPS) is 22.0. The van der Waals surface area contributed by atoms with E-state index in [1.807, 2.05) is 0 Å². The Balaban J connectivity index is 1.51. The molecule has 0 spiro atoms. The van der Waals surface area contributed by atoms with Crippen molar-refractivity contribution in [1.29, 1.82) is 0 Å².